The van der Waals surface area contributed by atoms with Gasteiger partial charge in [0.05, 0.1) is 61.2 Å². The van der Waals surface area contributed by atoms with Gasteiger partial charge in [0.25, 0.3) is 11.8 Å². The summed E-state index contributed by atoms with van der Waals surface area (Å²) in [5, 5.41) is 7.82. The first kappa shape index (κ1) is 38.1. The molecule has 3 N–H and O–H groups in total. The highest BCUT2D eigenvalue weighted by Crippen LogP contribution is 2.46. The predicted octanol–water partition coefficient (Wildman–Crippen LogP) is 11.9. The predicted molar refractivity (Wildman–Crippen MR) is 244 cm³/mol. The molecule has 9 rings (SSSR count). The number of hydrogen-bond donors (Lipinski definition) is 3. The fourth-order valence-corrected chi connectivity index (χ4v) is 9.78. The Kier molecular flexibility index (Phi) is 10.4. The highest BCUT2D eigenvalue weighted by molar-refractivity contribution is 9.10. The van der Waals surface area contributed by atoms with Crippen LogP contribution >= 0.6 is 38.6 Å². The van der Waals surface area contributed by atoms with Crippen LogP contribution in [0.25, 0.3) is 53.8 Å². The molecule has 0 unspecified atom stereocenters. The van der Waals surface area contributed by atoms with Gasteiger partial charge >= 0.3 is 0 Å². The second kappa shape index (κ2) is 16.1. The number of amidine groups is 1. The number of allylic oxidation sites excluding steroid dienone is 1. The first-order valence-electron chi connectivity index (χ1n) is 18.9. The van der Waals surface area contributed by atoms with Crippen molar-refractivity contribution in [2.45, 2.75) is 13.8 Å². The van der Waals surface area contributed by atoms with Gasteiger partial charge < -0.3 is 20.4 Å². The van der Waals surface area contributed by atoms with E-state index in [1.165, 1.54) is 0 Å². The van der Waals surface area contributed by atoms with Crippen LogP contribution in [0.5, 0.6) is 5.75 Å². The van der Waals surface area contributed by atoms with E-state index >= 15 is 0 Å². The number of H-pyrrole nitrogens is 1. The third kappa shape index (κ3) is 7.31. The minimum Gasteiger partial charge on any atom is -0.496 e. The Morgan fingerprint density at radius 1 is 0.712 bits per heavy atom. The standard InChI is InChI=1S/C47H35BrN6O3S2/c1-26(2)38-33(49-42(54-45(56)29-18-8-12-22-35(29)57-3)40(38)46-51-31-20-10-13-23-36(31)58-46)25-34-39(27-15-5-4-6-16-27)41(47-52-32-21-11-14-24-37(32)59-47)43(50-34)53-44(55)28-17-7-9-19-30(28)48/h4-26,50H,1-3H3,(H,53,55)(H,49,54,56). The van der Waals surface area contributed by atoms with E-state index in [1.807, 2.05) is 109 Å². The van der Waals surface area contributed by atoms with Crippen LogP contribution in [0.3, 0.4) is 0 Å². The number of carbonyl (C=O) groups is 2. The largest absolute Gasteiger partial charge is 0.496 e. The molecule has 1 aliphatic heterocycles. The Bertz CT molecular complexity index is 2970. The molecule has 0 bridgehead atoms. The molecule has 0 saturated heterocycles. The maximum absolute atomic E-state index is 14.0. The second-order valence-corrected chi connectivity index (χ2v) is 16.9. The maximum atomic E-state index is 14.0. The van der Waals surface area contributed by atoms with Crippen molar-refractivity contribution in [1.82, 2.24) is 20.3 Å². The Morgan fingerprint density at radius 2 is 1.31 bits per heavy atom. The number of fused-ring (bicyclic) bond motifs is 2. The van der Waals surface area contributed by atoms with Gasteiger partial charge in [-0.15, -0.1) is 22.7 Å². The second-order valence-electron chi connectivity index (χ2n) is 14.0. The van der Waals surface area contributed by atoms with E-state index in [1.54, 1.807) is 54.0 Å². The molecule has 4 heterocycles. The van der Waals surface area contributed by atoms with Crippen LogP contribution in [0, 0.1) is 5.92 Å². The zero-order valence-electron chi connectivity index (χ0n) is 32.0. The number of aromatic nitrogens is 3. The van der Waals surface area contributed by atoms with Crippen molar-refractivity contribution in [3.63, 3.8) is 0 Å². The molecule has 1 aliphatic rings. The van der Waals surface area contributed by atoms with E-state index in [9.17, 15) is 9.59 Å². The van der Waals surface area contributed by atoms with Crippen molar-refractivity contribution in [3.05, 3.63) is 165 Å². The summed E-state index contributed by atoms with van der Waals surface area (Å²) in [6, 6.07) is 40.5. The van der Waals surface area contributed by atoms with Crippen LogP contribution in [-0.4, -0.2) is 39.7 Å². The third-order valence-corrected chi connectivity index (χ3v) is 12.7. The van der Waals surface area contributed by atoms with E-state index in [4.69, 9.17) is 19.7 Å². The number of anilines is 1. The Hall–Kier alpha value is -6.47. The average molecular weight is 876 g/mol. The summed E-state index contributed by atoms with van der Waals surface area (Å²) in [4.78, 5) is 47.0. The molecule has 0 spiro atoms. The third-order valence-electron chi connectivity index (χ3n) is 9.92. The molecule has 12 heteroatoms. The fourth-order valence-electron chi connectivity index (χ4n) is 7.26. The molecule has 0 aliphatic carbocycles. The number of carbonyl (C=O) groups excluding carboxylic acids is 2. The van der Waals surface area contributed by atoms with Gasteiger partial charge in [0.2, 0.25) is 0 Å². The summed E-state index contributed by atoms with van der Waals surface area (Å²) < 4.78 is 8.27. The summed E-state index contributed by atoms with van der Waals surface area (Å²) in [7, 11) is 1.54. The molecule has 0 radical (unpaired) electrons. The van der Waals surface area contributed by atoms with Crippen molar-refractivity contribution in [2.24, 2.45) is 10.9 Å². The number of nitrogens with one attached hydrogen (secondary N) is 3. The molecular weight excluding hydrogens is 841 g/mol. The highest BCUT2D eigenvalue weighted by Gasteiger charge is 2.32. The summed E-state index contributed by atoms with van der Waals surface area (Å²) in [5.74, 6) is 0.638. The van der Waals surface area contributed by atoms with Crippen LogP contribution in [0.15, 0.2) is 148 Å². The number of benzene rings is 5. The van der Waals surface area contributed by atoms with Crippen LogP contribution in [0.1, 0.15) is 45.3 Å². The number of aliphatic imine (C=N–C) groups is 1. The molecule has 59 heavy (non-hydrogen) atoms. The summed E-state index contributed by atoms with van der Waals surface area (Å²) in [6.07, 6.45) is 2.00. The van der Waals surface area contributed by atoms with E-state index in [0.717, 1.165) is 58.3 Å². The Morgan fingerprint density at radius 3 is 1.98 bits per heavy atom. The van der Waals surface area contributed by atoms with E-state index in [0.29, 0.717) is 44.4 Å². The topological polar surface area (TPSA) is 121 Å². The molecule has 290 valence electrons. The number of nitrogens with zero attached hydrogens (tertiary/aromatic N) is 3. The number of thiazole rings is 2. The Balaban J connectivity index is 1.28. The highest BCUT2D eigenvalue weighted by atomic mass is 79.9. The number of hydrogen-bond acceptors (Lipinski definition) is 8. The first-order valence-corrected chi connectivity index (χ1v) is 21.3. The van der Waals surface area contributed by atoms with E-state index in [-0.39, 0.29) is 17.7 Å². The summed E-state index contributed by atoms with van der Waals surface area (Å²) >= 11 is 6.67. The SMILES string of the molecule is COc1ccccc1C(=O)NC1=NC(=Cc2[nH]c(NC(=O)c3ccccc3Br)c(-c3nc4ccccc4s3)c2-c2ccccc2)C(C(C)C)=C1c1nc2ccccc2s1. The zero-order valence-corrected chi connectivity index (χ0v) is 35.3. The Labute approximate surface area is 356 Å². The van der Waals surface area contributed by atoms with Gasteiger partial charge in [-0.25, -0.2) is 15.0 Å². The van der Waals surface area contributed by atoms with E-state index < -0.39 is 0 Å². The van der Waals surface area contributed by atoms with Crippen molar-refractivity contribution >= 4 is 94.2 Å². The van der Waals surface area contributed by atoms with Gasteiger partial charge in [-0.2, -0.15) is 0 Å². The lowest BCUT2D eigenvalue weighted by Crippen LogP contribution is -2.31. The molecule has 5 aromatic carbocycles. The quantitative estimate of drug-likeness (QED) is 0.133. The van der Waals surface area contributed by atoms with Crippen LogP contribution in [0.2, 0.25) is 0 Å². The summed E-state index contributed by atoms with van der Waals surface area (Å²) in [6.45, 7) is 4.22. The van der Waals surface area contributed by atoms with Gasteiger partial charge in [0.15, 0.2) is 0 Å². The van der Waals surface area contributed by atoms with Crippen LogP contribution in [-0.2, 0) is 0 Å². The average Bonchev–Trinajstić information content (AvgIpc) is 4.04. The van der Waals surface area contributed by atoms with Crippen LogP contribution in [0.4, 0.5) is 5.82 Å². The maximum Gasteiger partial charge on any atom is 0.260 e. The fraction of sp³-hybridized carbons (Fsp3) is 0.0851. The number of aromatic amines is 1. The lowest BCUT2D eigenvalue weighted by Gasteiger charge is -2.13. The molecule has 3 aromatic heterocycles. The number of para-hydroxylation sites is 3. The minimum absolute atomic E-state index is 0.0406. The van der Waals surface area contributed by atoms with Gasteiger partial charge in [-0.1, -0.05) is 92.7 Å². The number of amides is 2. The molecule has 0 atom stereocenters. The minimum atomic E-state index is -0.357. The normalized spacial score (nSPS) is 13.4. The van der Waals surface area contributed by atoms with Crippen molar-refractivity contribution in [1.29, 1.82) is 0 Å². The molecular formula is C47H35BrN6O3S2. The number of rotatable bonds is 9. The lowest BCUT2D eigenvalue weighted by molar-refractivity contribution is 0.0973. The van der Waals surface area contributed by atoms with Gasteiger partial charge in [-0.05, 0) is 87.6 Å². The molecule has 9 nitrogen and oxygen atoms in total. The van der Waals surface area contributed by atoms with Crippen molar-refractivity contribution in [2.75, 3.05) is 12.4 Å². The molecule has 0 fully saturated rings. The van der Waals surface area contributed by atoms with Crippen molar-refractivity contribution < 1.29 is 14.3 Å². The molecule has 0 saturated carbocycles. The molecule has 2 amide bonds. The zero-order chi connectivity index (χ0) is 40.6. The van der Waals surface area contributed by atoms with Crippen molar-refractivity contribution in [3.8, 4) is 27.4 Å². The molecule has 8 aromatic rings. The smallest absolute Gasteiger partial charge is 0.260 e. The van der Waals surface area contributed by atoms with Gasteiger partial charge in [0, 0.05) is 10.0 Å². The van der Waals surface area contributed by atoms with Crippen LogP contribution < -0.4 is 15.4 Å². The summed E-state index contributed by atoms with van der Waals surface area (Å²) in [5.41, 5.74) is 8.09. The van der Waals surface area contributed by atoms with E-state index in [2.05, 4.69) is 45.4 Å². The monoisotopic (exact) mass is 874 g/mol. The van der Waals surface area contributed by atoms with Gasteiger partial charge in [0.1, 0.15) is 27.4 Å². The lowest BCUT2D eigenvalue weighted by atomic mass is 9.94. The van der Waals surface area contributed by atoms with Gasteiger partial charge in [-0.3, -0.25) is 9.59 Å². The number of methoxy groups -OCH3 is 1. The first-order chi connectivity index (χ1) is 28.8. The number of halogens is 1. The number of ether oxygens (including phenoxy) is 1.